The topological polar surface area (TPSA) is 53.7 Å². The van der Waals surface area contributed by atoms with E-state index in [0.717, 1.165) is 16.9 Å². The molecule has 4 heteroatoms. The largest absolute Gasteiger partial charge is 0.493 e. The van der Waals surface area contributed by atoms with Crippen LogP contribution in [0, 0.1) is 6.92 Å². The van der Waals surface area contributed by atoms with Gasteiger partial charge in [-0.25, -0.2) is 0 Å². The van der Waals surface area contributed by atoms with E-state index in [9.17, 15) is 0 Å². The average Bonchev–Trinajstić information content (AvgIpc) is 2.52. The summed E-state index contributed by atoms with van der Waals surface area (Å²) >= 11 is 0. The Bertz CT molecular complexity index is 584. The van der Waals surface area contributed by atoms with E-state index in [1.807, 2.05) is 49.4 Å². The normalized spacial score (nSPS) is 10.2. The lowest BCUT2D eigenvalue weighted by atomic mass is 10.2. The molecule has 0 aliphatic heterocycles. The Morgan fingerprint density at radius 1 is 0.905 bits per heavy atom. The van der Waals surface area contributed by atoms with Crippen molar-refractivity contribution in [2.75, 3.05) is 20.3 Å². The molecule has 0 amide bonds. The van der Waals surface area contributed by atoms with Crippen LogP contribution in [0.15, 0.2) is 42.5 Å². The number of para-hydroxylation sites is 1. The number of methoxy groups -OCH3 is 1. The van der Waals surface area contributed by atoms with Crippen LogP contribution in [0.25, 0.3) is 0 Å². The van der Waals surface area contributed by atoms with Gasteiger partial charge in [-0.2, -0.15) is 0 Å². The van der Waals surface area contributed by atoms with Crippen LogP contribution in [0.2, 0.25) is 0 Å². The summed E-state index contributed by atoms with van der Waals surface area (Å²) in [6, 6.07) is 13.6. The molecule has 0 bridgehead atoms. The van der Waals surface area contributed by atoms with Gasteiger partial charge in [-0.15, -0.1) is 0 Å². The van der Waals surface area contributed by atoms with Gasteiger partial charge in [0.25, 0.3) is 0 Å². The Kier molecular flexibility index (Phi) is 5.46. The molecule has 2 rings (SSSR count). The molecule has 0 saturated heterocycles. The summed E-state index contributed by atoms with van der Waals surface area (Å²) in [7, 11) is 1.62. The van der Waals surface area contributed by atoms with Crippen LogP contribution in [-0.2, 0) is 6.54 Å². The van der Waals surface area contributed by atoms with Crippen molar-refractivity contribution in [2.45, 2.75) is 13.5 Å². The first-order valence-corrected chi connectivity index (χ1v) is 6.93. The first kappa shape index (κ1) is 15.2. The van der Waals surface area contributed by atoms with Gasteiger partial charge in [0.1, 0.15) is 19.0 Å². The Hall–Kier alpha value is -2.20. The highest BCUT2D eigenvalue weighted by atomic mass is 16.5. The minimum Gasteiger partial charge on any atom is -0.493 e. The molecule has 2 N–H and O–H groups in total. The molecule has 0 heterocycles. The summed E-state index contributed by atoms with van der Waals surface area (Å²) in [5.74, 6) is 2.26. The second-order valence-corrected chi connectivity index (χ2v) is 4.65. The number of rotatable bonds is 7. The molecule has 0 unspecified atom stereocenters. The standard InChI is InChI=1S/C17H21NO3/c1-13-5-3-4-6-15(13)20-9-10-21-17-11-14(12-18)7-8-16(17)19-2/h3-8,11H,9-10,12,18H2,1-2H3. The van der Waals surface area contributed by atoms with Gasteiger partial charge in [0.2, 0.25) is 0 Å². The summed E-state index contributed by atoms with van der Waals surface area (Å²) in [6.07, 6.45) is 0. The number of hydrogen-bond acceptors (Lipinski definition) is 4. The predicted molar refractivity (Wildman–Crippen MR) is 83.1 cm³/mol. The van der Waals surface area contributed by atoms with Crippen molar-refractivity contribution in [1.29, 1.82) is 0 Å². The lowest BCUT2D eigenvalue weighted by molar-refractivity contribution is 0.210. The van der Waals surface area contributed by atoms with Gasteiger partial charge >= 0.3 is 0 Å². The zero-order valence-corrected chi connectivity index (χ0v) is 12.5. The van der Waals surface area contributed by atoms with Crippen LogP contribution in [0.1, 0.15) is 11.1 Å². The van der Waals surface area contributed by atoms with Crippen molar-refractivity contribution in [3.05, 3.63) is 53.6 Å². The number of hydrogen-bond donors (Lipinski definition) is 1. The molecule has 2 aromatic carbocycles. The lowest BCUT2D eigenvalue weighted by Crippen LogP contribution is -2.10. The van der Waals surface area contributed by atoms with Gasteiger partial charge in [0.15, 0.2) is 11.5 Å². The second-order valence-electron chi connectivity index (χ2n) is 4.65. The Balaban J connectivity index is 1.90. The zero-order chi connectivity index (χ0) is 15.1. The van der Waals surface area contributed by atoms with Crippen molar-refractivity contribution in [3.63, 3.8) is 0 Å². The third-order valence-corrected chi connectivity index (χ3v) is 3.16. The fraction of sp³-hybridized carbons (Fsp3) is 0.294. The van der Waals surface area contributed by atoms with Crippen LogP contribution in [-0.4, -0.2) is 20.3 Å². The van der Waals surface area contributed by atoms with E-state index in [2.05, 4.69) is 0 Å². The molecule has 0 fully saturated rings. The SMILES string of the molecule is COc1ccc(CN)cc1OCCOc1ccccc1C. The summed E-state index contributed by atoms with van der Waals surface area (Å²) < 4.78 is 16.7. The Morgan fingerprint density at radius 3 is 2.29 bits per heavy atom. The van der Waals surface area contributed by atoms with Crippen LogP contribution < -0.4 is 19.9 Å². The molecule has 0 aliphatic carbocycles. The van der Waals surface area contributed by atoms with Crippen molar-refractivity contribution >= 4 is 0 Å². The number of aryl methyl sites for hydroxylation is 1. The quantitative estimate of drug-likeness (QED) is 0.796. The fourth-order valence-electron chi connectivity index (χ4n) is 1.98. The van der Waals surface area contributed by atoms with Crippen molar-refractivity contribution in [2.24, 2.45) is 5.73 Å². The van der Waals surface area contributed by atoms with Crippen molar-refractivity contribution < 1.29 is 14.2 Å². The Morgan fingerprint density at radius 2 is 1.62 bits per heavy atom. The third-order valence-electron chi connectivity index (χ3n) is 3.16. The maximum absolute atomic E-state index is 5.73. The highest BCUT2D eigenvalue weighted by Gasteiger charge is 2.05. The van der Waals surface area contributed by atoms with Crippen LogP contribution >= 0.6 is 0 Å². The van der Waals surface area contributed by atoms with E-state index >= 15 is 0 Å². The van der Waals surface area contributed by atoms with Gasteiger partial charge in [-0.1, -0.05) is 24.3 Å². The minimum absolute atomic E-state index is 0.443. The molecule has 2 aromatic rings. The van der Waals surface area contributed by atoms with Gasteiger partial charge < -0.3 is 19.9 Å². The fourth-order valence-corrected chi connectivity index (χ4v) is 1.98. The molecule has 0 aliphatic rings. The van der Waals surface area contributed by atoms with E-state index in [-0.39, 0.29) is 0 Å². The van der Waals surface area contributed by atoms with E-state index < -0.39 is 0 Å². The van der Waals surface area contributed by atoms with Gasteiger partial charge in [-0.3, -0.25) is 0 Å². The first-order valence-electron chi connectivity index (χ1n) is 6.93. The molecule has 0 radical (unpaired) electrons. The smallest absolute Gasteiger partial charge is 0.161 e. The highest BCUT2D eigenvalue weighted by Crippen LogP contribution is 2.28. The van der Waals surface area contributed by atoms with Crippen molar-refractivity contribution in [1.82, 2.24) is 0 Å². The molecule has 0 atom stereocenters. The molecule has 0 aromatic heterocycles. The van der Waals surface area contributed by atoms with Crippen LogP contribution in [0.3, 0.4) is 0 Å². The van der Waals surface area contributed by atoms with Crippen molar-refractivity contribution in [3.8, 4) is 17.2 Å². The van der Waals surface area contributed by atoms with E-state index in [4.69, 9.17) is 19.9 Å². The summed E-state index contributed by atoms with van der Waals surface area (Å²) in [4.78, 5) is 0. The monoisotopic (exact) mass is 287 g/mol. The highest BCUT2D eigenvalue weighted by molar-refractivity contribution is 5.42. The van der Waals surface area contributed by atoms with Gasteiger partial charge in [0.05, 0.1) is 7.11 Å². The maximum Gasteiger partial charge on any atom is 0.161 e. The van der Waals surface area contributed by atoms with Gasteiger partial charge in [-0.05, 0) is 36.2 Å². The predicted octanol–water partition coefficient (Wildman–Crippen LogP) is 2.92. The zero-order valence-electron chi connectivity index (χ0n) is 12.5. The molecule has 112 valence electrons. The molecule has 0 spiro atoms. The molecular weight excluding hydrogens is 266 g/mol. The Labute approximate surface area is 125 Å². The molecular formula is C17H21NO3. The maximum atomic E-state index is 5.73. The molecule has 4 nitrogen and oxygen atoms in total. The summed E-state index contributed by atoms with van der Waals surface area (Å²) in [6.45, 7) is 3.41. The second kappa shape index (κ2) is 7.55. The summed E-state index contributed by atoms with van der Waals surface area (Å²) in [5.41, 5.74) is 7.75. The van der Waals surface area contributed by atoms with Crippen LogP contribution in [0.4, 0.5) is 0 Å². The number of benzene rings is 2. The molecule has 0 saturated carbocycles. The van der Waals surface area contributed by atoms with E-state index in [1.165, 1.54) is 0 Å². The van der Waals surface area contributed by atoms with E-state index in [0.29, 0.717) is 31.3 Å². The lowest BCUT2D eigenvalue weighted by Gasteiger charge is -2.13. The number of ether oxygens (including phenoxy) is 3. The third kappa shape index (κ3) is 4.13. The first-order chi connectivity index (χ1) is 10.2. The van der Waals surface area contributed by atoms with E-state index in [1.54, 1.807) is 7.11 Å². The number of nitrogens with two attached hydrogens (primary N) is 1. The average molecular weight is 287 g/mol. The summed E-state index contributed by atoms with van der Waals surface area (Å²) in [5, 5.41) is 0. The van der Waals surface area contributed by atoms with Gasteiger partial charge in [0, 0.05) is 6.54 Å². The van der Waals surface area contributed by atoms with Crippen LogP contribution in [0.5, 0.6) is 17.2 Å². The molecule has 21 heavy (non-hydrogen) atoms. The minimum atomic E-state index is 0.443.